The third-order valence-electron chi connectivity index (χ3n) is 0.510. The Balaban J connectivity index is 2.45. The molecule has 0 atom stereocenters. The lowest BCUT2D eigenvalue weighted by molar-refractivity contribution is 0.154. The molecule has 0 aliphatic rings. The van der Waals surface area contributed by atoms with Crippen LogP contribution in [0.15, 0.2) is 0 Å². The fourth-order valence-electron chi connectivity index (χ4n) is 0.259. The second-order valence-corrected chi connectivity index (χ2v) is 1.53. The van der Waals surface area contributed by atoms with Gasteiger partial charge in [-0.05, 0) is 6.42 Å². The third kappa shape index (κ3) is 6.25. The van der Waals surface area contributed by atoms with E-state index >= 15 is 0 Å². The average Bonchev–Trinajstić information content (AvgIpc) is 1.69. The number of ether oxygens (including phenoxy) is 1. The van der Waals surface area contributed by atoms with Crippen LogP contribution in [0.3, 0.4) is 0 Å². The second-order valence-electron chi connectivity index (χ2n) is 1.15. The highest BCUT2D eigenvalue weighted by atomic mass is 35.5. The summed E-state index contributed by atoms with van der Waals surface area (Å²) < 4.78 is 4.94. The fraction of sp³-hybridized carbons (Fsp3) is 0.800. The van der Waals surface area contributed by atoms with E-state index in [2.05, 4.69) is 6.92 Å². The lowest BCUT2D eigenvalue weighted by atomic mass is 10.5. The summed E-state index contributed by atoms with van der Waals surface area (Å²) in [6, 6.07) is 0. The predicted octanol–water partition coefficient (Wildman–Crippen LogP) is 1.47. The monoisotopic (exact) mass is 121 g/mol. The van der Waals surface area contributed by atoms with E-state index in [1.54, 1.807) is 0 Å². The van der Waals surface area contributed by atoms with Crippen LogP contribution in [-0.4, -0.2) is 19.1 Å². The molecule has 7 heavy (non-hydrogen) atoms. The van der Waals surface area contributed by atoms with Gasteiger partial charge in [0.25, 0.3) is 0 Å². The van der Waals surface area contributed by atoms with E-state index in [4.69, 9.17) is 16.3 Å². The van der Waals surface area contributed by atoms with Crippen LogP contribution < -0.4 is 0 Å². The molecule has 0 bridgehead atoms. The van der Waals surface area contributed by atoms with Crippen molar-refractivity contribution < 1.29 is 4.74 Å². The molecule has 0 heterocycles. The largest absolute Gasteiger partial charge is 0.380 e. The van der Waals surface area contributed by atoms with Crippen molar-refractivity contribution in [2.75, 3.05) is 19.1 Å². The molecule has 0 aliphatic carbocycles. The Kier molecular flexibility index (Phi) is 6.47. The van der Waals surface area contributed by atoms with Gasteiger partial charge in [0, 0.05) is 12.5 Å². The van der Waals surface area contributed by atoms with Gasteiger partial charge in [0.15, 0.2) is 0 Å². The summed E-state index contributed by atoms with van der Waals surface area (Å²) >= 11 is 5.29. The minimum Gasteiger partial charge on any atom is -0.380 e. The van der Waals surface area contributed by atoms with Crippen molar-refractivity contribution in [3.05, 3.63) is 6.92 Å². The third-order valence-corrected chi connectivity index (χ3v) is 0.664. The molecule has 0 amide bonds. The normalized spacial score (nSPS) is 9.43. The quantitative estimate of drug-likeness (QED) is 0.404. The topological polar surface area (TPSA) is 9.23 Å². The summed E-state index contributed by atoms with van der Waals surface area (Å²) in [4.78, 5) is 0. The zero-order chi connectivity index (χ0) is 5.54. The summed E-state index contributed by atoms with van der Waals surface area (Å²) in [5, 5.41) is 0. The Morgan fingerprint density at radius 2 is 2.14 bits per heavy atom. The fourth-order valence-corrected chi connectivity index (χ4v) is 0.368. The van der Waals surface area contributed by atoms with E-state index in [1.165, 1.54) is 0 Å². The summed E-state index contributed by atoms with van der Waals surface area (Å²) in [5.74, 6) is 0.583. The Morgan fingerprint density at radius 1 is 1.43 bits per heavy atom. The van der Waals surface area contributed by atoms with Gasteiger partial charge in [0.05, 0.1) is 6.61 Å². The Hall–Kier alpha value is 0.250. The molecule has 0 rings (SSSR count). The van der Waals surface area contributed by atoms with Gasteiger partial charge in [0.2, 0.25) is 0 Å². The highest BCUT2D eigenvalue weighted by molar-refractivity contribution is 6.17. The van der Waals surface area contributed by atoms with Crippen LogP contribution in [0.25, 0.3) is 0 Å². The zero-order valence-electron chi connectivity index (χ0n) is 4.32. The standard InChI is InChI=1S/C5H10ClO/c1-2-4-7-5-3-6/h1-5H2. The smallest absolute Gasteiger partial charge is 0.0601 e. The van der Waals surface area contributed by atoms with E-state index in [9.17, 15) is 0 Å². The first kappa shape index (κ1) is 7.25. The van der Waals surface area contributed by atoms with Crippen molar-refractivity contribution in [2.45, 2.75) is 6.42 Å². The predicted molar refractivity (Wildman–Crippen MR) is 31.5 cm³/mol. The SMILES string of the molecule is [CH2]CCOCCCl. The lowest BCUT2D eigenvalue weighted by Crippen LogP contribution is -1.95. The van der Waals surface area contributed by atoms with E-state index in [1.807, 2.05) is 0 Å². The maximum absolute atomic E-state index is 5.29. The van der Waals surface area contributed by atoms with Crippen molar-refractivity contribution in [1.82, 2.24) is 0 Å². The molecule has 0 spiro atoms. The Labute approximate surface area is 49.6 Å². The molecule has 0 saturated carbocycles. The summed E-state index contributed by atoms with van der Waals surface area (Å²) in [7, 11) is 0. The van der Waals surface area contributed by atoms with E-state index in [0.717, 1.165) is 13.0 Å². The summed E-state index contributed by atoms with van der Waals surface area (Å²) in [6.07, 6.45) is 0.830. The van der Waals surface area contributed by atoms with Crippen LogP contribution in [0, 0.1) is 6.92 Å². The number of halogens is 1. The van der Waals surface area contributed by atoms with Crippen molar-refractivity contribution in [1.29, 1.82) is 0 Å². The molecule has 2 heteroatoms. The highest BCUT2D eigenvalue weighted by Gasteiger charge is 1.79. The van der Waals surface area contributed by atoms with Crippen molar-refractivity contribution in [3.63, 3.8) is 0 Å². The molecule has 43 valence electrons. The van der Waals surface area contributed by atoms with Gasteiger partial charge in [-0.3, -0.25) is 0 Å². The van der Waals surface area contributed by atoms with Gasteiger partial charge in [-0.2, -0.15) is 0 Å². The first-order chi connectivity index (χ1) is 3.41. The summed E-state index contributed by atoms with van der Waals surface area (Å²) in [6.45, 7) is 4.97. The maximum atomic E-state index is 5.29. The van der Waals surface area contributed by atoms with Gasteiger partial charge < -0.3 is 4.74 Å². The molecule has 0 aliphatic heterocycles. The molecule has 0 aromatic heterocycles. The minimum absolute atomic E-state index is 0.583. The number of hydrogen-bond donors (Lipinski definition) is 0. The van der Waals surface area contributed by atoms with Crippen molar-refractivity contribution in [3.8, 4) is 0 Å². The number of rotatable bonds is 4. The molecule has 0 unspecified atom stereocenters. The van der Waals surface area contributed by atoms with Gasteiger partial charge in [-0.1, -0.05) is 6.92 Å². The lowest BCUT2D eigenvalue weighted by Gasteiger charge is -1.94. The first-order valence-corrected chi connectivity index (χ1v) is 2.88. The van der Waals surface area contributed by atoms with Crippen LogP contribution in [-0.2, 0) is 4.74 Å². The van der Waals surface area contributed by atoms with E-state index < -0.39 is 0 Å². The van der Waals surface area contributed by atoms with Crippen LogP contribution in [0.5, 0.6) is 0 Å². The minimum atomic E-state index is 0.583. The second kappa shape index (κ2) is 6.25. The molecular formula is C5H10ClO. The number of hydrogen-bond acceptors (Lipinski definition) is 1. The molecule has 0 aromatic carbocycles. The molecule has 0 N–H and O–H groups in total. The van der Waals surface area contributed by atoms with Crippen LogP contribution in [0.4, 0.5) is 0 Å². The molecule has 0 aromatic rings. The number of alkyl halides is 1. The van der Waals surface area contributed by atoms with Crippen LogP contribution in [0.2, 0.25) is 0 Å². The molecular weight excluding hydrogens is 112 g/mol. The van der Waals surface area contributed by atoms with Gasteiger partial charge >= 0.3 is 0 Å². The highest BCUT2D eigenvalue weighted by Crippen LogP contribution is 1.80. The van der Waals surface area contributed by atoms with Crippen molar-refractivity contribution in [2.24, 2.45) is 0 Å². The van der Waals surface area contributed by atoms with E-state index in [0.29, 0.717) is 12.5 Å². The van der Waals surface area contributed by atoms with Crippen molar-refractivity contribution >= 4 is 11.6 Å². The first-order valence-electron chi connectivity index (χ1n) is 2.34. The zero-order valence-corrected chi connectivity index (χ0v) is 5.08. The molecule has 0 saturated heterocycles. The maximum Gasteiger partial charge on any atom is 0.0601 e. The molecule has 1 nitrogen and oxygen atoms in total. The van der Waals surface area contributed by atoms with E-state index in [-0.39, 0.29) is 0 Å². The van der Waals surface area contributed by atoms with Crippen LogP contribution in [0.1, 0.15) is 6.42 Å². The summed E-state index contributed by atoms with van der Waals surface area (Å²) in [5.41, 5.74) is 0. The Bertz CT molecular complexity index is 27.3. The van der Waals surface area contributed by atoms with Crippen LogP contribution >= 0.6 is 11.6 Å². The molecule has 0 fully saturated rings. The van der Waals surface area contributed by atoms with Gasteiger partial charge in [-0.25, -0.2) is 0 Å². The van der Waals surface area contributed by atoms with Gasteiger partial charge in [0.1, 0.15) is 0 Å². The molecule has 1 radical (unpaired) electrons. The van der Waals surface area contributed by atoms with Gasteiger partial charge in [-0.15, -0.1) is 11.6 Å². The Morgan fingerprint density at radius 3 is 2.57 bits per heavy atom. The average molecular weight is 122 g/mol.